The van der Waals surface area contributed by atoms with Crippen molar-refractivity contribution in [1.82, 2.24) is 10.2 Å². The van der Waals surface area contributed by atoms with E-state index in [-0.39, 0.29) is 24.2 Å². The van der Waals surface area contributed by atoms with Crippen LogP contribution >= 0.6 is 12.4 Å². The molecule has 6 heteroatoms. The van der Waals surface area contributed by atoms with Crippen molar-refractivity contribution < 1.29 is 9.53 Å². The fraction of sp³-hybridized carbons (Fsp3) is 0.588. The maximum atomic E-state index is 12.0. The summed E-state index contributed by atoms with van der Waals surface area (Å²) in [6.07, 6.45) is 2.02. The molecule has 130 valence electrons. The van der Waals surface area contributed by atoms with Gasteiger partial charge in [-0.15, -0.1) is 12.4 Å². The second kappa shape index (κ2) is 10.5. The summed E-state index contributed by atoms with van der Waals surface area (Å²) in [4.78, 5) is 14.3. The van der Waals surface area contributed by atoms with Gasteiger partial charge in [0.25, 0.3) is 0 Å². The maximum absolute atomic E-state index is 12.0. The van der Waals surface area contributed by atoms with E-state index in [1.165, 1.54) is 5.56 Å². The monoisotopic (exact) mass is 341 g/mol. The van der Waals surface area contributed by atoms with E-state index in [1.807, 2.05) is 18.2 Å². The Hall–Kier alpha value is -1.30. The highest BCUT2D eigenvalue weighted by Crippen LogP contribution is 2.17. The topological polar surface area (TPSA) is 67.6 Å². The normalized spacial score (nSPS) is 18.1. The number of carbonyl (C=O) groups excluding carboxylic acids is 1. The summed E-state index contributed by atoms with van der Waals surface area (Å²) in [5, 5.41) is 2.89. The van der Waals surface area contributed by atoms with Crippen LogP contribution in [0, 0.1) is 12.8 Å². The summed E-state index contributed by atoms with van der Waals surface area (Å²) in [5.74, 6) is 1.13. The number of nitrogens with one attached hydrogen (secondary N) is 1. The Morgan fingerprint density at radius 1 is 1.48 bits per heavy atom. The molecule has 1 atom stereocenters. The molecule has 1 unspecified atom stereocenters. The van der Waals surface area contributed by atoms with Crippen LogP contribution in [0.25, 0.3) is 0 Å². The summed E-state index contributed by atoms with van der Waals surface area (Å²) in [7, 11) is 0. The first kappa shape index (κ1) is 19.7. The van der Waals surface area contributed by atoms with E-state index in [0.29, 0.717) is 19.7 Å². The molecular formula is C17H28ClN3O2. The number of nitrogens with two attached hydrogens (primary N) is 1. The number of piperidine rings is 1. The number of nitrogens with zero attached hydrogens (tertiary/aromatic N) is 1. The molecular weight excluding hydrogens is 314 g/mol. The van der Waals surface area contributed by atoms with Gasteiger partial charge in [-0.1, -0.05) is 12.1 Å². The average Bonchev–Trinajstić information content (AvgIpc) is 2.53. The molecule has 1 aromatic carbocycles. The van der Waals surface area contributed by atoms with Gasteiger partial charge >= 0.3 is 0 Å². The van der Waals surface area contributed by atoms with Crippen LogP contribution in [0.3, 0.4) is 0 Å². The molecule has 3 N–H and O–H groups in total. The van der Waals surface area contributed by atoms with Gasteiger partial charge in [0.15, 0.2) is 0 Å². The molecule has 5 nitrogen and oxygen atoms in total. The van der Waals surface area contributed by atoms with Gasteiger partial charge in [0.2, 0.25) is 5.91 Å². The minimum absolute atomic E-state index is 0. The van der Waals surface area contributed by atoms with Gasteiger partial charge in [0, 0.05) is 26.2 Å². The molecule has 1 saturated heterocycles. The zero-order valence-electron chi connectivity index (χ0n) is 13.8. The first-order valence-electron chi connectivity index (χ1n) is 8.08. The molecule has 0 bridgehead atoms. The smallest absolute Gasteiger partial charge is 0.224 e. The van der Waals surface area contributed by atoms with E-state index in [9.17, 15) is 4.79 Å². The van der Waals surface area contributed by atoms with Crippen LogP contribution in [0.4, 0.5) is 0 Å². The fourth-order valence-corrected chi connectivity index (χ4v) is 2.81. The third-order valence-electron chi connectivity index (χ3n) is 3.99. The standard InChI is InChI=1S/C17H27N3O2.ClH/c1-14-4-2-6-16(12-14)22-11-10-20-9-3-5-15(13-20)17(21)19-8-7-18;/h2,4,6,12,15H,3,5,7-11,13,18H2,1H3,(H,19,21);1H. The lowest BCUT2D eigenvalue weighted by Crippen LogP contribution is -2.45. The van der Waals surface area contributed by atoms with Crippen molar-refractivity contribution in [1.29, 1.82) is 0 Å². The minimum Gasteiger partial charge on any atom is -0.492 e. The second-order valence-electron chi connectivity index (χ2n) is 5.88. The Morgan fingerprint density at radius 3 is 3.04 bits per heavy atom. The van der Waals surface area contributed by atoms with Crippen LogP contribution in [-0.4, -0.2) is 50.1 Å². The van der Waals surface area contributed by atoms with Crippen LogP contribution < -0.4 is 15.8 Å². The summed E-state index contributed by atoms with van der Waals surface area (Å²) in [6.45, 7) is 6.47. The Balaban J connectivity index is 0.00000264. The molecule has 0 spiro atoms. The summed E-state index contributed by atoms with van der Waals surface area (Å²) < 4.78 is 5.79. The van der Waals surface area contributed by atoms with Gasteiger partial charge in [0.1, 0.15) is 12.4 Å². The van der Waals surface area contributed by atoms with Gasteiger partial charge in [-0.3, -0.25) is 9.69 Å². The molecule has 0 aliphatic carbocycles. The molecule has 1 heterocycles. The molecule has 0 radical (unpaired) electrons. The third kappa shape index (κ3) is 6.77. The first-order chi connectivity index (χ1) is 10.7. The Labute approximate surface area is 145 Å². The van der Waals surface area contributed by atoms with Gasteiger partial charge in [-0.2, -0.15) is 0 Å². The summed E-state index contributed by atoms with van der Waals surface area (Å²) >= 11 is 0. The SMILES string of the molecule is Cc1cccc(OCCN2CCCC(C(=O)NCCN)C2)c1.Cl. The van der Waals surface area contributed by atoms with E-state index in [1.54, 1.807) is 0 Å². The van der Waals surface area contributed by atoms with Crippen molar-refractivity contribution in [3.05, 3.63) is 29.8 Å². The molecule has 1 aliphatic rings. The van der Waals surface area contributed by atoms with Crippen molar-refractivity contribution in [2.45, 2.75) is 19.8 Å². The summed E-state index contributed by atoms with van der Waals surface area (Å²) in [6, 6.07) is 8.08. The number of aryl methyl sites for hydroxylation is 1. The lowest BCUT2D eigenvalue weighted by atomic mass is 9.97. The zero-order chi connectivity index (χ0) is 15.8. The van der Waals surface area contributed by atoms with E-state index in [2.05, 4.69) is 23.2 Å². The van der Waals surface area contributed by atoms with Crippen molar-refractivity contribution in [3.8, 4) is 5.75 Å². The minimum atomic E-state index is 0. The third-order valence-corrected chi connectivity index (χ3v) is 3.99. The Morgan fingerprint density at radius 2 is 2.30 bits per heavy atom. The van der Waals surface area contributed by atoms with Crippen molar-refractivity contribution >= 4 is 18.3 Å². The van der Waals surface area contributed by atoms with Crippen LogP contribution in [0.5, 0.6) is 5.75 Å². The van der Waals surface area contributed by atoms with Gasteiger partial charge in [-0.05, 0) is 44.0 Å². The number of likely N-dealkylation sites (tertiary alicyclic amines) is 1. The van der Waals surface area contributed by atoms with Crippen molar-refractivity contribution in [2.24, 2.45) is 11.7 Å². The highest BCUT2D eigenvalue weighted by Gasteiger charge is 2.25. The highest BCUT2D eigenvalue weighted by molar-refractivity contribution is 5.85. The largest absolute Gasteiger partial charge is 0.492 e. The number of halogens is 1. The van der Waals surface area contributed by atoms with Crippen LogP contribution in [-0.2, 0) is 4.79 Å². The molecule has 1 aromatic rings. The number of amides is 1. The predicted molar refractivity (Wildman–Crippen MR) is 95.2 cm³/mol. The lowest BCUT2D eigenvalue weighted by molar-refractivity contribution is -0.126. The lowest BCUT2D eigenvalue weighted by Gasteiger charge is -2.31. The molecule has 23 heavy (non-hydrogen) atoms. The molecule has 1 aliphatic heterocycles. The fourth-order valence-electron chi connectivity index (χ4n) is 2.81. The van der Waals surface area contributed by atoms with Crippen LogP contribution in [0.2, 0.25) is 0 Å². The average molecular weight is 342 g/mol. The molecule has 1 amide bonds. The Kier molecular flexibility index (Phi) is 8.99. The van der Waals surface area contributed by atoms with Crippen LogP contribution in [0.15, 0.2) is 24.3 Å². The van der Waals surface area contributed by atoms with Crippen LogP contribution in [0.1, 0.15) is 18.4 Å². The molecule has 0 saturated carbocycles. The van der Waals surface area contributed by atoms with E-state index < -0.39 is 0 Å². The van der Waals surface area contributed by atoms with Crippen molar-refractivity contribution in [3.63, 3.8) is 0 Å². The number of hydrogen-bond acceptors (Lipinski definition) is 4. The molecule has 2 rings (SSSR count). The number of hydrogen-bond donors (Lipinski definition) is 2. The first-order valence-corrected chi connectivity index (χ1v) is 8.08. The second-order valence-corrected chi connectivity index (χ2v) is 5.88. The van der Waals surface area contributed by atoms with Crippen molar-refractivity contribution in [2.75, 3.05) is 39.3 Å². The maximum Gasteiger partial charge on any atom is 0.224 e. The van der Waals surface area contributed by atoms with Gasteiger partial charge in [-0.25, -0.2) is 0 Å². The molecule has 1 fully saturated rings. The van der Waals surface area contributed by atoms with Gasteiger partial charge in [0.05, 0.1) is 5.92 Å². The zero-order valence-corrected chi connectivity index (χ0v) is 14.6. The van der Waals surface area contributed by atoms with Gasteiger partial charge < -0.3 is 15.8 Å². The van der Waals surface area contributed by atoms with E-state index in [4.69, 9.17) is 10.5 Å². The van der Waals surface area contributed by atoms with E-state index >= 15 is 0 Å². The number of ether oxygens (including phenoxy) is 1. The predicted octanol–water partition coefficient (Wildman–Crippen LogP) is 1.58. The summed E-state index contributed by atoms with van der Waals surface area (Å²) in [5.41, 5.74) is 6.62. The quantitative estimate of drug-likeness (QED) is 0.790. The number of carbonyl (C=O) groups is 1. The number of rotatable bonds is 7. The highest BCUT2D eigenvalue weighted by atomic mass is 35.5. The van der Waals surface area contributed by atoms with E-state index in [0.717, 1.165) is 38.2 Å². The number of benzene rings is 1. The Bertz CT molecular complexity index is 485. The molecule has 0 aromatic heterocycles.